The fourth-order valence-corrected chi connectivity index (χ4v) is 1.53. The van der Waals surface area contributed by atoms with Gasteiger partial charge in [0.15, 0.2) is 5.78 Å². The van der Waals surface area contributed by atoms with Crippen molar-refractivity contribution < 1.29 is 9.90 Å². The van der Waals surface area contributed by atoms with Crippen LogP contribution in [0.25, 0.3) is 0 Å². The first kappa shape index (κ1) is 51.6. The van der Waals surface area contributed by atoms with Crippen LogP contribution < -0.4 is 0 Å². The Morgan fingerprint density at radius 2 is 1.15 bits per heavy atom. The van der Waals surface area contributed by atoms with E-state index in [1.54, 1.807) is 13.8 Å². The van der Waals surface area contributed by atoms with Crippen LogP contribution in [-0.2, 0) is 0 Å². The van der Waals surface area contributed by atoms with E-state index in [1.807, 2.05) is 73.6 Å². The van der Waals surface area contributed by atoms with Gasteiger partial charge >= 0.3 is 0 Å². The molecule has 0 unspecified atom stereocenters. The maximum atomic E-state index is 10.9. The first-order valence-electron chi connectivity index (χ1n) is 15.9. The molecule has 0 radical (unpaired) electrons. The number of aliphatic hydroxyl groups is 1. The van der Waals surface area contributed by atoms with Gasteiger partial charge in [0.1, 0.15) is 5.76 Å². The zero-order valence-corrected chi connectivity index (χ0v) is 31.6. The first-order valence-corrected chi connectivity index (χ1v) is 15.9. The maximum absolute atomic E-state index is 10.9. The minimum absolute atomic E-state index is 0.133. The van der Waals surface area contributed by atoms with Crippen LogP contribution in [0.1, 0.15) is 172 Å². The second-order valence-corrected chi connectivity index (χ2v) is 11.8. The molecule has 0 amide bonds. The molecule has 1 rings (SSSR count). The molecule has 1 N–H and O–H groups in total. The number of hydrogen-bond acceptors (Lipinski definition) is 3. The third-order valence-electron chi connectivity index (χ3n) is 5.47. The van der Waals surface area contributed by atoms with Crippen molar-refractivity contribution in [1.29, 1.82) is 0 Å². The fraction of sp³-hybridized carbons (Fsp3) is 0.684. The number of nitrogens with zero attached hydrogens (tertiary/aromatic N) is 1. The summed E-state index contributed by atoms with van der Waals surface area (Å²) in [6, 6.07) is 5.77. The van der Waals surface area contributed by atoms with Crippen molar-refractivity contribution in [2.45, 2.75) is 164 Å². The molecule has 244 valence electrons. The Labute approximate surface area is 260 Å². The minimum Gasteiger partial charge on any atom is -0.506 e. The standard InChI is InChI=1S/C10H12O.C9H15NO.2C6H14.C3H8.2C2H6/c1-7-4-5-10(9(3)11)6-8(7)2;1-5-7(3)10-8(4)9(11)6-2;2*1-5-6(2,3)4;1-3-2;2*1-2/h4-6H,1-3H3;6,11H,2,5H2,1,3-4H3;2*5H2,1-4H3;3H2,1-2H3;2*1-2H3/b;9-8+,10-7?;;;;;. The van der Waals surface area contributed by atoms with Gasteiger partial charge in [-0.2, -0.15) is 0 Å². The molecule has 0 atom stereocenters. The average Bonchev–Trinajstić information content (AvgIpc) is 2.92. The number of aryl methyl sites for hydroxylation is 2. The summed E-state index contributed by atoms with van der Waals surface area (Å²) in [5.74, 6) is 0.283. The van der Waals surface area contributed by atoms with Crippen LogP contribution in [0.4, 0.5) is 0 Å². The van der Waals surface area contributed by atoms with E-state index < -0.39 is 0 Å². The van der Waals surface area contributed by atoms with Crippen molar-refractivity contribution in [3.05, 3.63) is 59.0 Å². The lowest BCUT2D eigenvalue weighted by molar-refractivity contribution is 0.101. The molecule has 0 heterocycles. The number of carbonyl (C=O) groups is 1. The zero-order valence-electron chi connectivity index (χ0n) is 31.6. The van der Waals surface area contributed by atoms with Crippen LogP contribution in [-0.4, -0.2) is 16.6 Å². The Hall–Kier alpha value is -2.16. The van der Waals surface area contributed by atoms with E-state index in [0.717, 1.165) is 17.7 Å². The Morgan fingerprint density at radius 1 is 0.805 bits per heavy atom. The molecular weight excluding hydrogens is 502 g/mol. The van der Waals surface area contributed by atoms with Crippen molar-refractivity contribution in [1.82, 2.24) is 0 Å². The molecule has 0 spiro atoms. The van der Waals surface area contributed by atoms with Crippen molar-refractivity contribution in [3.63, 3.8) is 0 Å². The van der Waals surface area contributed by atoms with Gasteiger partial charge in [0.2, 0.25) is 0 Å². The van der Waals surface area contributed by atoms with Crippen LogP contribution in [0.2, 0.25) is 0 Å². The quantitative estimate of drug-likeness (QED) is 0.167. The Kier molecular flexibility index (Phi) is 40.7. The Morgan fingerprint density at radius 3 is 1.37 bits per heavy atom. The highest BCUT2D eigenvalue weighted by Crippen LogP contribution is 2.16. The van der Waals surface area contributed by atoms with Gasteiger partial charge in [-0.25, -0.2) is 0 Å². The second-order valence-electron chi connectivity index (χ2n) is 11.8. The highest BCUT2D eigenvalue weighted by Gasteiger charge is 2.04. The molecule has 3 nitrogen and oxygen atoms in total. The van der Waals surface area contributed by atoms with Crippen molar-refractivity contribution in [2.24, 2.45) is 15.8 Å². The van der Waals surface area contributed by atoms with E-state index in [1.165, 1.54) is 36.5 Å². The summed E-state index contributed by atoms with van der Waals surface area (Å²) in [6.07, 6.45) is 6.09. The van der Waals surface area contributed by atoms with E-state index in [0.29, 0.717) is 16.5 Å². The van der Waals surface area contributed by atoms with Crippen LogP contribution in [0.15, 0.2) is 47.3 Å². The van der Waals surface area contributed by atoms with Gasteiger partial charge in [0, 0.05) is 11.3 Å². The average molecular weight is 578 g/mol. The van der Waals surface area contributed by atoms with E-state index in [4.69, 9.17) is 5.11 Å². The number of aliphatic imine (C=N–C) groups is 1. The molecular formula is C38H75NO2. The van der Waals surface area contributed by atoms with E-state index in [9.17, 15) is 4.79 Å². The molecule has 41 heavy (non-hydrogen) atoms. The van der Waals surface area contributed by atoms with Crippen LogP contribution in [0, 0.1) is 24.7 Å². The summed E-state index contributed by atoms with van der Waals surface area (Å²) in [7, 11) is 0. The SMILES string of the molecule is C=C/C(O)=C(/C)N=C(C)CC.CC.CC.CC(=O)c1ccc(C)c(C)c1.CCC.CCC(C)(C)C.CCC(C)(C)C. The predicted octanol–water partition coefficient (Wildman–Crippen LogP) is 13.7. The largest absolute Gasteiger partial charge is 0.506 e. The van der Waals surface area contributed by atoms with Crippen LogP contribution in [0.5, 0.6) is 0 Å². The molecule has 0 bridgehead atoms. The summed E-state index contributed by atoms with van der Waals surface area (Å²) >= 11 is 0. The first-order chi connectivity index (χ1) is 18.8. The predicted molar refractivity (Wildman–Crippen MR) is 193 cm³/mol. The summed E-state index contributed by atoms with van der Waals surface area (Å²) in [4.78, 5) is 15.1. The zero-order chi connectivity index (χ0) is 34.4. The number of ketones is 1. The van der Waals surface area contributed by atoms with E-state index in [-0.39, 0.29) is 11.5 Å². The number of allylic oxidation sites excluding steroid dienone is 2. The number of rotatable bonds is 4. The molecule has 0 saturated heterocycles. The van der Waals surface area contributed by atoms with Crippen LogP contribution >= 0.6 is 0 Å². The highest BCUT2D eigenvalue weighted by atomic mass is 16.3. The van der Waals surface area contributed by atoms with E-state index in [2.05, 4.69) is 80.8 Å². The third-order valence-corrected chi connectivity index (χ3v) is 5.47. The van der Waals surface area contributed by atoms with Gasteiger partial charge in [-0.05, 0) is 75.1 Å². The van der Waals surface area contributed by atoms with Gasteiger partial charge in [-0.1, -0.05) is 142 Å². The number of aliphatic hydroxyl groups excluding tert-OH is 1. The number of Topliss-reactive ketones (excluding diaryl/α,β-unsaturated/α-hetero) is 1. The third kappa shape index (κ3) is 45.1. The summed E-state index contributed by atoms with van der Waals surface area (Å²) in [5, 5.41) is 9.13. The molecule has 0 aliphatic heterocycles. The van der Waals surface area contributed by atoms with Crippen molar-refractivity contribution in [2.75, 3.05) is 0 Å². The van der Waals surface area contributed by atoms with Gasteiger partial charge in [-0.15, -0.1) is 0 Å². The minimum atomic E-state index is 0.133. The lowest BCUT2D eigenvalue weighted by atomic mass is 9.94. The number of carbonyl (C=O) groups excluding carboxylic acids is 1. The number of benzene rings is 1. The molecule has 0 aliphatic rings. The van der Waals surface area contributed by atoms with Crippen molar-refractivity contribution >= 4 is 11.5 Å². The Bertz CT molecular complexity index is 787. The second kappa shape index (κ2) is 32.4. The van der Waals surface area contributed by atoms with Gasteiger partial charge in [0.25, 0.3) is 0 Å². The molecule has 0 saturated carbocycles. The van der Waals surface area contributed by atoms with E-state index >= 15 is 0 Å². The topological polar surface area (TPSA) is 49.7 Å². The van der Waals surface area contributed by atoms with Crippen LogP contribution in [0.3, 0.4) is 0 Å². The summed E-state index contributed by atoms with van der Waals surface area (Å²) in [6.45, 7) is 44.9. The summed E-state index contributed by atoms with van der Waals surface area (Å²) in [5.41, 5.74) is 5.93. The molecule has 0 aromatic heterocycles. The van der Waals surface area contributed by atoms with Gasteiger partial charge < -0.3 is 5.11 Å². The fourth-order valence-electron chi connectivity index (χ4n) is 1.53. The normalized spacial score (nSPS) is 10.7. The maximum Gasteiger partial charge on any atom is 0.159 e. The molecule has 1 aromatic carbocycles. The van der Waals surface area contributed by atoms with Crippen molar-refractivity contribution in [3.8, 4) is 0 Å². The monoisotopic (exact) mass is 578 g/mol. The Balaban J connectivity index is -0.0000000953. The van der Waals surface area contributed by atoms with Gasteiger partial charge in [0.05, 0.1) is 5.70 Å². The smallest absolute Gasteiger partial charge is 0.159 e. The highest BCUT2D eigenvalue weighted by molar-refractivity contribution is 5.94. The van der Waals surface area contributed by atoms with Gasteiger partial charge in [-0.3, -0.25) is 9.79 Å². The lowest BCUT2D eigenvalue weighted by Gasteiger charge is -2.12. The molecule has 3 heteroatoms. The summed E-state index contributed by atoms with van der Waals surface area (Å²) < 4.78 is 0. The molecule has 0 fully saturated rings. The lowest BCUT2D eigenvalue weighted by Crippen LogP contribution is -2.00. The molecule has 1 aromatic rings. The molecule has 0 aliphatic carbocycles. The number of hydrogen-bond donors (Lipinski definition) is 1.